The van der Waals surface area contributed by atoms with E-state index < -0.39 is 0 Å². The van der Waals surface area contributed by atoms with E-state index in [2.05, 4.69) is 30.6 Å². The summed E-state index contributed by atoms with van der Waals surface area (Å²) in [4.78, 5) is 23.6. The molecule has 1 aromatic carbocycles. The van der Waals surface area contributed by atoms with Crippen molar-refractivity contribution >= 4 is 34.8 Å². The maximum absolute atomic E-state index is 12.5. The van der Waals surface area contributed by atoms with E-state index >= 15 is 0 Å². The number of hydrogen-bond donors (Lipinski definition) is 2. The van der Waals surface area contributed by atoms with Crippen LogP contribution in [-0.4, -0.2) is 11.8 Å². The van der Waals surface area contributed by atoms with Crippen molar-refractivity contribution in [3.63, 3.8) is 0 Å². The number of carbonyl (C=O) groups is 2. The van der Waals surface area contributed by atoms with E-state index in [1.54, 1.807) is 18.2 Å². The van der Waals surface area contributed by atoms with Crippen molar-refractivity contribution in [1.82, 2.24) is 0 Å². The molecular formula is C18H23ClN2O2. The Labute approximate surface area is 142 Å². The van der Waals surface area contributed by atoms with Gasteiger partial charge in [0.15, 0.2) is 0 Å². The van der Waals surface area contributed by atoms with Gasteiger partial charge in [-0.05, 0) is 43.4 Å². The van der Waals surface area contributed by atoms with Gasteiger partial charge in [-0.1, -0.05) is 37.1 Å². The average Bonchev–Trinajstić information content (AvgIpc) is 2.92. The smallest absolute Gasteiger partial charge is 0.228 e. The third-order valence-corrected chi connectivity index (χ3v) is 4.57. The molecule has 1 aliphatic carbocycles. The summed E-state index contributed by atoms with van der Waals surface area (Å²) in [5, 5.41) is 5.95. The molecule has 1 aliphatic rings. The molecule has 1 aromatic rings. The molecule has 4 nitrogen and oxygen atoms in total. The van der Waals surface area contributed by atoms with Crippen molar-refractivity contribution in [3.8, 4) is 0 Å². The molecule has 2 amide bonds. The molecule has 2 N–H and O–H groups in total. The number of carbonyl (C=O) groups excluding carboxylic acids is 2. The summed E-state index contributed by atoms with van der Waals surface area (Å²) < 4.78 is 0. The fourth-order valence-corrected chi connectivity index (χ4v) is 3.18. The van der Waals surface area contributed by atoms with Crippen LogP contribution in [0.2, 0.25) is 5.02 Å². The molecule has 0 aliphatic heterocycles. The van der Waals surface area contributed by atoms with Crippen LogP contribution in [0.3, 0.4) is 0 Å². The van der Waals surface area contributed by atoms with Crippen molar-refractivity contribution in [2.45, 2.75) is 34.6 Å². The normalized spacial score (nSPS) is 21.3. The summed E-state index contributed by atoms with van der Waals surface area (Å²) >= 11 is 6.13. The number of allylic oxidation sites excluding steroid dienone is 2. The van der Waals surface area contributed by atoms with Gasteiger partial charge in [-0.25, -0.2) is 0 Å². The van der Waals surface area contributed by atoms with Gasteiger partial charge in [-0.3, -0.25) is 9.59 Å². The van der Waals surface area contributed by atoms with Crippen LogP contribution in [0, 0.1) is 17.3 Å². The molecular weight excluding hydrogens is 312 g/mol. The molecule has 0 heterocycles. The zero-order chi connectivity index (χ0) is 17.4. The molecule has 0 aromatic heterocycles. The van der Waals surface area contributed by atoms with Crippen molar-refractivity contribution in [3.05, 3.63) is 34.9 Å². The number of hydrogen-bond acceptors (Lipinski definition) is 2. The minimum absolute atomic E-state index is 0.000781. The first-order valence-electron chi connectivity index (χ1n) is 7.66. The Morgan fingerprint density at radius 3 is 2.35 bits per heavy atom. The average molecular weight is 335 g/mol. The fourth-order valence-electron chi connectivity index (χ4n) is 2.95. The summed E-state index contributed by atoms with van der Waals surface area (Å²) in [6.45, 7) is 9.72. The molecule has 0 radical (unpaired) electrons. The maximum Gasteiger partial charge on any atom is 0.228 e. The van der Waals surface area contributed by atoms with Crippen molar-refractivity contribution < 1.29 is 9.59 Å². The zero-order valence-corrected chi connectivity index (χ0v) is 14.9. The Balaban J connectivity index is 2.08. The molecule has 23 heavy (non-hydrogen) atoms. The van der Waals surface area contributed by atoms with Crippen LogP contribution in [0.5, 0.6) is 0 Å². The minimum Gasteiger partial charge on any atom is -0.326 e. The molecule has 0 unspecified atom stereocenters. The molecule has 1 saturated carbocycles. The van der Waals surface area contributed by atoms with E-state index in [1.165, 1.54) is 12.5 Å². The van der Waals surface area contributed by atoms with Gasteiger partial charge in [0.05, 0.1) is 16.6 Å². The Kier molecular flexibility index (Phi) is 4.85. The third-order valence-electron chi connectivity index (χ3n) is 4.25. The van der Waals surface area contributed by atoms with Crippen LogP contribution in [0.4, 0.5) is 11.4 Å². The summed E-state index contributed by atoms with van der Waals surface area (Å²) in [6.07, 6.45) is 2.16. The van der Waals surface area contributed by atoms with E-state index in [1.807, 2.05) is 13.8 Å². The summed E-state index contributed by atoms with van der Waals surface area (Å²) in [6, 6.07) is 5.07. The first kappa shape index (κ1) is 17.5. The second kappa shape index (κ2) is 6.36. The predicted octanol–water partition coefficient (Wildman–Crippen LogP) is 4.48. The molecule has 2 atom stereocenters. The lowest BCUT2D eigenvalue weighted by atomic mass is 10.1. The molecule has 124 valence electrons. The van der Waals surface area contributed by atoms with Crippen molar-refractivity contribution in [2.24, 2.45) is 17.3 Å². The van der Waals surface area contributed by atoms with Crippen LogP contribution >= 0.6 is 11.6 Å². The number of nitrogens with one attached hydrogen (secondary N) is 2. The zero-order valence-electron chi connectivity index (χ0n) is 14.2. The van der Waals surface area contributed by atoms with E-state index in [9.17, 15) is 9.59 Å². The van der Waals surface area contributed by atoms with E-state index in [0.29, 0.717) is 16.4 Å². The molecule has 2 rings (SSSR count). The van der Waals surface area contributed by atoms with Gasteiger partial charge in [0.25, 0.3) is 0 Å². The van der Waals surface area contributed by atoms with Crippen LogP contribution in [0.25, 0.3) is 0 Å². The number of amides is 2. The van der Waals surface area contributed by atoms with Gasteiger partial charge in [0.2, 0.25) is 11.8 Å². The molecule has 5 heteroatoms. The van der Waals surface area contributed by atoms with E-state index in [-0.39, 0.29) is 29.1 Å². The van der Waals surface area contributed by atoms with Gasteiger partial charge in [0.1, 0.15) is 0 Å². The molecule has 0 saturated heterocycles. The summed E-state index contributed by atoms with van der Waals surface area (Å²) in [5.41, 5.74) is 2.36. The quantitative estimate of drug-likeness (QED) is 0.798. The fraction of sp³-hybridized carbons (Fsp3) is 0.444. The number of anilines is 2. The van der Waals surface area contributed by atoms with Gasteiger partial charge in [-0.2, -0.15) is 0 Å². The minimum atomic E-state index is -0.187. The van der Waals surface area contributed by atoms with Gasteiger partial charge in [-0.15, -0.1) is 0 Å². The van der Waals surface area contributed by atoms with Crippen LogP contribution < -0.4 is 10.6 Å². The highest BCUT2D eigenvalue weighted by molar-refractivity contribution is 6.34. The number of halogens is 1. The van der Waals surface area contributed by atoms with E-state index in [4.69, 9.17) is 11.6 Å². The van der Waals surface area contributed by atoms with Crippen molar-refractivity contribution in [1.29, 1.82) is 0 Å². The summed E-state index contributed by atoms with van der Waals surface area (Å²) in [5.74, 6) is 0.0432. The molecule has 0 spiro atoms. The first-order valence-corrected chi connectivity index (χ1v) is 8.03. The standard InChI is InChI=1S/C18H23ClN2O2/c1-10(2)8-13-16(18(13,4)5)17(23)21-12-6-7-15(14(19)9-12)20-11(3)22/h6-9,13,16H,1-5H3,(H,20,22)(H,21,23)/t13-,16+/m0/s1. The Hall–Kier alpha value is -1.81. The van der Waals surface area contributed by atoms with Gasteiger partial charge >= 0.3 is 0 Å². The lowest BCUT2D eigenvalue weighted by Gasteiger charge is -2.09. The Morgan fingerprint density at radius 1 is 1.17 bits per heavy atom. The monoisotopic (exact) mass is 334 g/mol. The van der Waals surface area contributed by atoms with Gasteiger partial charge in [0, 0.05) is 12.6 Å². The SMILES string of the molecule is CC(=O)Nc1ccc(NC(=O)[C@H]2[C@H](C=C(C)C)C2(C)C)cc1Cl. The van der Waals surface area contributed by atoms with E-state index in [0.717, 1.165) is 0 Å². The first-order chi connectivity index (χ1) is 10.6. The lowest BCUT2D eigenvalue weighted by molar-refractivity contribution is -0.118. The number of benzene rings is 1. The third kappa shape index (κ3) is 3.94. The lowest BCUT2D eigenvalue weighted by Crippen LogP contribution is -2.17. The highest BCUT2D eigenvalue weighted by Gasteiger charge is 2.60. The topological polar surface area (TPSA) is 58.2 Å². The summed E-state index contributed by atoms with van der Waals surface area (Å²) in [7, 11) is 0. The highest BCUT2D eigenvalue weighted by Crippen LogP contribution is 2.59. The molecule has 1 fully saturated rings. The molecule has 0 bridgehead atoms. The second-order valence-electron chi connectivity index (χ2n) is 6.93. The second-order valence-corrected chi connectivity index (χ2v) is 7.34. The van der Waals surface area contributed by atoms with Crippen LogP contribution in [0.1, 0.15) is 34.6 Å². The Morgan fingerprint density at radius 2 is 1.83 bits per heavy atom. The van der Waals surface area contributed by atoms with Crippen LogP contribution in [0.15, 0.2) is 29.8 Å². The van der Waals surface area contributed by atoms with Crippen LogP contribution in [-0.2, 0) is 9.59 Å². The predicted molar refractivity (Wildman–Crippen MR) is 94.6 cm³/mol. The maximum atomic E-state index is 12.5. The largest absolute Gasteiger partial charge is 0.326 e. The van der Waals surface area contributed by atoms with Gasteiger partial charge < -0.3 is 10.6 Å². The Bertz CT molecular complexity index is 676. The number of rotatable bonds is 4. The highest BCUT2D eigenvalue weighted by atomic mass is 35.5. The van der Waals surface area contributed by atoms with Crippen molar-refractivity contribution in [2.75, 3.05) is 10.6 Å².